The minimum absolute atomic E-state index is 0.0637. The molecule has 4 N–H and O–H groups in total. The summed E-state index contributed by atoms with van der Waals surface area (Å²) in [6.07, 6.45) is -1.10. The monoisotopic (exact) mass is 439 g/mol. The Balaban J connectivity index is 1.85. The van der Waals surface area contributed by atoms with Gasteiger partial charge in [-0.05, 0) is 48.5 Å². The van der Waals surface area contributed by atoms with E-state index in [2.05, 4.69) is 10.6 Å². The van der Waals surface area contributed by atoms with Crippen molar-refractivity contribution in [2.75, 3.05) is 12.4 Å². The molecule has 1 atom stereocenters. The fourth-order valence-corrected chi connectivity index (χ4v) is 3.32. The van der Waals surface area contributed by atoms with Crippen molar-refractivity contribution in [1.82, 2.24) is 5.32 Å². The highest BCUT2D eigenvalue weighted by atomic mass is 32.2. The van der Waals surface area contributed by atoms with Gasteiger partial charge < -0.3 is 15.4 Å². The Kier molecular flexibility index (Phi) is 6.68. The predicted octanol–water partition coefficient (Wildman–Crippen LogP) is 2.39. The first-order valence-corrected chi connectivity index (χ1v) is 10.8. The van der Waals surface area contributed by atoms with Crippen molar-refractivity contribution in [3.05, 3.63) is 90.0 Å². The number of nitrogens with one attached hydrogen (secondary N) is 2. The van der Waals surface area contributed by atoms with Gasteiger partial charge in [-0.3, -0.25) is 9.59 Å². The van der Waals surface area contributed by atoms with Crippen LogP contribution in [0.2, 0.25) is 0 Å². The van der Waals surface area contributed by atoms with Crippen LogP contribution in [0.3, 0.4) is 0 Å². The number of Topliss-reactive ketones (excluding diaryl/α,β-unsaturated/α-hetero) is 1. The Bertz CT molecular complexity index is 1160. The van der Waals surface area contributed by atoms with Crippen molar-refractivity contribution in [3.8, 4) is 5.75 Å². The molecule has 0 saturated carbocycles. The molecule has 0 saturated heterocycles. The predicted molar refractivity (Wildman–Crippen MR) is 116 cm³/mol. The van der Waals surface area contributed by atoms with Gasteiger partial charge in [-0.2, -0.15) is 0 Å². The van der Waals surface area contributed by atoms with E-state index in [1.54, 1.807) is 54.6 Å². The third kappa shape index (κ3) is 5.68. The summed E-state index contributed by atoms with van der Waals surface area (Å²) in [5.74, 6) is -0.231. The Morgan fingerprint density at radius 2 is 1.48 bits per heavy atom. The third-order valence-electron chi connectivity index (χ3n) is 4.44. The van der Waals surface area contributed by atoms with E-state index in [4.69, 9.17) is 9.88 Å². The minimum atomic E-state index is -3.84. The maximum Gasteiger partial charge on any atom is 0.253 e. The fraction of sp³-hybridized carbons (Fsp3) is 0.0909. The molecule has 3 rings (SSSR count). The number of benzene rings is 3. The van der Waals surface area contributed by atoms with Crippen molar-refractivity contribution in [1.29, 1.82) is 0 Å². The molecule has 3 aromatic carbocycles. The first kappa shape index (κ1) is 22.0. The molecule has 0 spiro atoms. The van der Waals surface area contributed by atoms with E-state index >= 15 is 0 Å². The molecule has 160 valence electrons. The minimum Gasteiger partial charge on any atom is -0.497 e. The average Bonchev–Trinajstić information content (AvgIpc) is 2.78. The molecular weight excluding hydrogens is 418 g/mol. The Morgan fingerprint density at radius 3 is 2.03 bits per heavy atom. The van der Waals surface area contributed by atoms with Crippen molar-refractivity contribution < 1.29 is 22.7 Å². The van der Waals surface area contributed by atoms with Crippen LogP contribution in [0.5, 0.6) is 5.75 Å². The van der Waals surface area contributed by atoms with Gasteiger partial charge in [-0.1, -0.05) is 30.3 Å². The molecule has 0 aliphatic rings. The average molecular weight is 439 g/mol. The highest BCUT2D eigenvalue weighted by molar-refractivity contribution is 7.89. The second-order valence-corrected chi connectivity index (χ2v) is 8.14. The van der Waals surface area contributed by atoms with E-state index in [1.165, 1.54) is 31.4 Å². The van der Waals surface area contributed by atoms with Crippen LogP contribution < -0.4 is 20.5 Å². The molecule has 0 aromatic heterocycles. The maximum atomic E-state index is 13.0. The molecule has 1 amide bonds. The van der Waals surface area contributed by atoms with Crippen LogP contribution in [0.4, 0.5) is 5.69 Å². The summed E-state index contributed by atoms with van der Waals surface area (Å²) in [6, 6.07) is 20.5. The SMILES string of the molecule is COc1ccc(C(=O)N[C@@H](Nc2ccc(S(N)(=O)=O)cc2)C(=O)c2ccccc2)cc1. The summed E-state index contributed by atoms with van der Waals surface area (Å²) in [5.41, 5.74) is 1.17. The van der Waals surface area contributed by atoms with Gasteiger partial charge in [0, 0.05) is 16.8 Å². The molecular formula is C22H21N3O5S. The number of ketones is 1. The first-order valence-electron chi connectivity index (χ1n) is 9.21. The quantitative estimate of drug-likeness (QED) is 0.365. The summed E-state index contributed by atoms with van der Waals surface area (Å²) >= 11 is 0. The number of hydrogen-bond donors (Lipinski definition) is 3. The lowest BCUT2D eigenvalue weighted by atomic mass is 10.1. The van der Waals surface area contributed by atoms with Crippen LogP contribution in [-0.4, -0.2) is 33.4 Å². The summed E-state index contributed by atoms with van der Waals surface area (Å²) in [6.45, 7) is 0. The Labute approximate surface area is 180 Å². The summed E-state index contributed by atoms with van der Waals surface area (Å²) in [7, 11) is -2.32. The number of rotatable bonds is 8. The first-order chi connectivity index (χ1) is 14.8. The molecule has 0 heterocycles. The molecule has 0 bridgehead atoms. The number of primary sulfonamides is 1. The standard InChI is InChI=1S/C22H21N3O5S/c1-30-18-11-7-16(8-12-18)22(27)25-21(20(26)15-5-3-2-4-6-15)24-17-9-13-19(14-10-17)31(23,28)29/h2-14,21,24H,1H3,(H,25,27)(H2,23,28,29)/t21-/m1/s1. The van der Waals surface area contributed by atoms with E-state index in [1.807, 2.05) is 0 Å². The topological polar surface area (TPSA) is 128 Å². The fourth-order valence-electron chi connectivity index (χ4n) is 2.80. The third-order valence-corrected chi connectivity index (χ3v) is 5.37. The number of hydrogen-bond acceptors (Lipinski definition) is 6. The highest BCUT2D eigenvalue weighted by Crippen LogP contribution is 2.16. The van der Waals surface area contributed by atoms with Crippen molar-refractivity contribution >= 4 is 27.4 Å². The van der Waals surface area contributed by atoms with Gasteiger partial charge in [0.2, 0.25) is 15.8 Å². The van der Waals surface area contributed by atoms with Crippen molar-refractivity contribution in [3.63, 3.8) is 0 Å². The molecule has 3 aromatic rings. The van der Waals surface area contributed by atoms with Gasteiger partial charge in [0.25, 0.3) is 5.91 Å². The summed E-state index contributed by atoms with van der Waals surface area (Å²) < 4.78 is 28.0. The smallest absolute Gasteiger partial charge is 0.253 e. The van der Waals surface area contributed by atoms with Gasteiger partial charge in [0.05, 0.1) is 12.0 Å². The number of methoxy groups -OCH3 is 1. The molecule has 31 heavy (non-hydrogen) atoms. The lowest BCUT2D eigenvalue weighted by molar-refractivity contribution is 0.0869. The number of sulfonamides is 1. The number of nitrogens with two attached hydrogens (primary N) is 1. The molecule has 0 aliphatic carbocycles. The van der Waals surface area contributed by atoms with Crippen LogP contribution >= 0.6 is 0 Å². The van der Waals surface area contributed by atoms with Gasteiger partial charge in [-0.15, -0.1) is 0 Å². The largest absolute Gasteiger partial charge is 0.497 e. The lowest BCUT2D eigenvalue weighted by Gasteiger charge is -2.21. The van der Waals surface area contributed by atoms with E-state index in [-0.39, 0.29) is 10.7 Å². The zero-order valence-electron chi connectivity index (χ0n) is 16.6. The van der Waals surface area contributed by atoms with E-state index in [9.17, 15) is 18.0 Å². The van der Waals surface area contributed by atoms with Crippen LogP contribution in [0.25, 0.3) is 0 Å². The number of anilines is 1. The second kappa shape index (κ2) is 9.41. The zero-order chi connectivity index (χ0) is 22.4. The second-order valence-electron chi connectivity index (χ2n) is 6.58. The normalized spacial score (nSPS) is 11.9. The van der Waals surface area contributed by atoms with E-state index in [0.717, 1.165) is 0 Å². The number of ether oxygens (including phenoxy) is 1. The number of carbonyl (C=O) groups excluding carboxylic acids is 2. The Morgan fingerprint density at radius 1 is 0.871 bits per heavy atom. The Hall–Kier alpha value is -3.69. The van der Waals surface area contributed by atoms with Gasteiger partial charge in [0.1, 0.15) is 5.75 Å². The summed E-state index contributed by atoms with van der Waals surface area (Å²) in [5, 5.41) is 10.7. The maximum absolute atomic E-state index is 13.0. The molecule has 8 nitrogen and oxygen atoms in total. The van der Waals surface area contributed by atoms with Crippen LogP contribution in [-0.2, 0) is 10.0 Å². The molecule has 0 fully saturated rings. The molecule has 9 heteroatoms. The van der Waals surface area contributed by atoms with E-state index in [0.29, 0.717) is 22.6 Å². The van der Waals surface area contributed by atoms with Gasteiger partial charge in [0.15, 0.2) is 6.17 Å². The van der Waals surface area contributed by atoms with Crippen LogP contribution in [0.1, 0.15) is 20.7 Å². The van der Waals surface area contributed by atoms with Crippen molar-refractivity contribution in [2.24, 2.45) is 5.14 Å². The molecule has 0 aliphatic heterocycles. The van der Waals surface area contributed by atoms with Crippen LogP contribution in [0.15, 0.2) is 83.8 Å². The number of amides is 1. The lowest BCUT2D eigenvalue weighted by Crippen LogP contribution is -2.46. The summed E-state index contributed by atoms with van der Waals surface area (Å²) in [4.78, 5) is 25.7. The number of carbonyl (C=O) groups is 2. The highest BCUT2D eigenvalue weighted by Gasteiger charge is 2.23. The zero-order valence-corrected chi connectivity index (χ0v) is 17.4. The van der Waals surface area contributed by atoms with Crippen LogP contribution in [0, 0.1) is 0 Å². The van der Waals surface area contributed by atoms with E-state index < -0.39 is 22.1 Å². The van der Waals surface area contributed by atoms with Gasteiger partial charge in [-0.25, -0.2) is 13.6 Å². The molecule has 0 unspecified atom stereocenters. The van der Waals surface area contributed by atoms with Gasteiger partial charge >= 0.3 is 0 Å². The molecule has 0 radical (unpaired) electrons. The van der Waals surface area contributed by atoms with Crippen molar-refractivity contribution in [2.45, 2.75) is 11.1 Å².